The van der Waals surface area contributed by atoms with Crippen LogP contribution in [0.25, 0.3) is 11.0 Å². The first-order valence-corrected chi connectivity index (χ1v) is 27.6. The Morgan fingerprint density at radius 2 is 1.73 bits per heavy atom. The number of fused-ring (bicyclic) bond motifs is 1. The van der Waals surface area contributed by atoms with E-state index in [2.05, 4.69) is 72.8 Å². The minimum atomic E-state index is -4.60. The molecule has 0 unspecified atom stereocenters. The third-order valence-electron chi connectivity index (χ3n) is 16.4. The van der Waals surface area contributed by atoms with E-state index >= 15 is 0 Å². The fourth-order valence-corrected chi connectivity index (χ4v) is 13.0. The minimum absolute atomic E-state index is 0.0443. The van der Waals surface area contributed by atoms with Crippen molar-refractivity contribution >= 4 is 44.0 Å². The van der Waals surface area contributed by atoms with Crippen molar-refractivity contribution in [3.63, 3.8) is 0 Å². The topological polar surface area (TPSA) is 195 Å². The van der Waals surface area contributed by atoms with E-state index in [4.69, 9.17) is 9.47 Å². The van der Waals surface area contributed by atoms with E-state index in [-0.39, 0.29) is 45.9 Å². The number of nitro benzene ring substituents is 1. The number of sulfonamides is 1. The number of anilines is 2. The largest absolute Gasteiger partial charge is 0.494 e. The number of carbonyl (C=O) groups is 1. The molecule has 16 nitrogen and oxygen atoms in total. The molecule has 4 fully saturated rings. The molecule has 4 aliphatic rings. The molecule has 2 aliphatic heterocycles. The van der Waals surface area contributed by atoms with Gasteiger partial charge in [-0.1, -0.05) is 44.2 Å². The summed E-state index contributed by atoms with van der Waals surface area (Å²) in [6.07, 6.45) is 10.2. The van der Waals surface area contributed by atoms with Gasteiger partial charge < -0.3 is 29.8 Å². The van der Waals surface area contributed by atoms with Crippen molar-refractivity contribution < 1.29 is 37.1 Å². The van der Waals surface area contributed by atoms with Gasteiger partial charge in [0.15, 0.2) is 11.6 Å². The molecule has 396 valence electrons. The van der Waals surface area contributed by atoms with Crippen molar-refractivity contribution in [2.24, 2.45) is 11.3 Å². The second-order valence-electron chi connectivity index (χ2n) is 21.9. The second kappa shape index (κ2) is 21.2. The van der Waals surface area contributed by atoms with Gasteiger partial charge in [-0.25, -0.2) is 22.5 Å². The molecule has 2 aromatic heterocycles. The van der Waals surface area contributed by atoms with Crippen LogP contribution in [0.2, 0.25) is 0 Å². The first-order valence-electron chi connectivity index (χ1n) is 26.2. The van der Waals surface area contributed by atoms with Crippen molar-refractivity contribution in [2.45, 2.75) is 107 Å². The van der Waals surface area contributed by atoms with E-state index in [9.17, 15) is 32.8 Å². The lowest BCUT2D eigenvalue weighted by molar-refractivity contribution is -0.384. The number of piperazine rings is 1. The third kappa shape index (κ3) is 11.3. The molecule has 18 heteroatoms. The molecule has 0 bridgehead atoms. The molecule has 2 aliphatic carbocycles. The van der Waals surface area contributed by atoms with Crippen LogP contribution in [-0.4, -0.2) is 102 Å². The van der Waals surface area contributed by atoms with E-state index < -0.39 is 37.0 Å². The summed E-state index contributed by atoms with van der Waals surface area (Å²) in [5, 5.41) is 26.5. The number of hydrogen-bond donors (Lipinski definition) is 4. The predicted molar refractivity (Wildman–Crippen MR) is 287 cm³/mol. The number of hydrogen-bond acceptors (Lipinski definition) is 13. The summed E-state index contributed by atoms with van der Waals surface area (Å²) in [5.41, 5.74) is 4.39. The molecular weight excluding hydrogens is 976 g/mol. The van der Waals surface area contributed by atoms with Crippen molar-refractivity contribution in [2.75, 3.05) is 56.6 Å². The molecule has 6 aromatic rings. The molecule has 1 spiro atoms. The maximum absolute atomic E-state index is 14.3. The van der Waals surface area contributed by atoms with Crippen LogP contribution < -0.4 is 24.4 Å². The van der Waals surface area contributed by atoms with E-state index in [0.717, 1.165) is 94.0 Å². The summed E-state index contributed by atoms with van der Waals surface area (Å²) in [4.78, 5) is 40.3. The maximum Gasteiger partial charge on any atom is 0.293 e. The smallest absolute Gasteiger partial charge is 0.293 e. The molecule has 4 heterocycles. The van der Waals surface area contributed by atoms with Crippen LogP contribution in [0.15, 0.2) is 108 Å². The lowest BCUT2D eigenvalue weighted by atomic mass is 9.59. The lowest BCUT2D eigenvalue weighted by Gasteiger charge is -2.58. The van der Waals surface area contributed by atoms with Crippen LogP contribution in [-0.2, 0) is 16.6 Å². The highest BCUT2D eigenvalue weighted by Gasteiger charge is 2.50. The summed E-state index contributed by atoms with van der Waals surface area (Å²) >= 11 is 0. The average Bonchev–Trinajstić information content (AvgIpc) is 3.86. The Labute approximate surface area is 437 Å². The van der Waals surface area contributed by atoms with Gasteiger partial charge in [-0.3, -0.25) is 24.7 Å². The number of aromatic amines is 1. The standard InChI is InChI=1S/C57H67FN8O8S/c1-37(2)45-7-5-6-8-46(45)51-36-63(35-39-9-13-48(58)53(27-39)73-4)25-26-65(51)42-31-57(32-42)20-23-64(24-21-57)41-10-12-47(52(29-41)74-43-28-40-17-22-59-54(40)61-34-43)55(67)62-75(71,72)44-11-14-49(50(30-44)66(69)70)60-33-38-15-18-56(3,68)19-16-38/h5-14,17,22,27-30,34,37-38,42,51,60,68H,15-16,18-21,23-26,31-33,35-36H2,1-4H3,(H,59,61)(H,62,67)/t38?,51-,56?/m0/s1. The second-order valence-corrected chi connectivity index (χ2v) is 23.5. The van der Waals surface area contributed by atoms with Crippen LogP contribution >= 0.6 is 0 Å². The summed E-state index contributed by atoms with van der Waals surface area (Å²) < 4.78 is 55.9. The minimum Gasteiger partial charge on any atom is -0.494 e. The summed E-state index contributed by atoms with van der Waals surface area (Å²) in [6.45, 7) is 11.7. The van der Waals surface area contributed by atoms with Gasteiger partial charge in [0.05, 0.1) is 34.3 Å². The number of nitrogens with zero attached hydrogens (tertiary/aromatic N) is 5. The summed E-state index contributed by atoms with van der Waals surface area (Å²) in [7, 11) is -3.10. The van der Waals surface area contributed by atoms with Gasteiger partial charge in [-0.2, -0.15) is 0 Å². The highest BCUT2D eigenvalue weighted by atomic mass is 32.2. The average molecular weight is 1040 g/mol. The van der Waals surface area contributed by atoms with E-state index in [0.29, 0.717) is 49.3 Å². The van der Waals surface area contributed by atoms with E-state index in [1.54, 1.807) is 36.5 Å². The van der Waals surface area contributed by atoms with Crippen LogP contribution in [0.1, 0.15) is 111 Å². The van der Waals surface area contributed by atoms with Gasteiger partial charge in [0, 0.05) is 87.3 Å². The zero-order valence-electron chi connectivity index (χ0n) is 43.1. The first-order chi connectivity index (χ1) is 35.9. The first kappa shape index (κ1) is 51.9. The zero-order valence-corrected chi connectivity index (χ0v) is 43.9. The molecule has 4 aromatic carbocycles. The van der Waals surface area contributed by atoms with Crippen molar-refractivity contribution in [1.82, 2.24) is 24.5 Å². The molecule has 4 N–H and O–H groups in total. The number of carbonyl (C=O) groups excluding carboxylic acids is 1. The number of rotatable bonds is 16. The fourth-order valence-electron chi connectivity index (χ4n) is 12.0. The van der Waals surface area contributed by atoms with Gasteiger partial charge in [0.1, 0.15) is 22.8 Å². The highest BCUT2D eigenvalue weighted by molar-refractivity contribution is 7.90. The number of aromatic nitrogens is 2. The summed E-state index contributed by atoms with van der Waals surface area (Å²) in [5.74, 6) is -0.0310. The Morgan fingerprint density at radius 1 is 0.960 bits per heavy atom. The number of H-pyrrole nitrogens is 1. The lowest BCUT2D eigenvalue weighted by Crippen LogP contribution is -2.60. The molecule has 1 amide bonds. The molecule has 2 saturated carbocycles. The quantitative estimate of drug-likeness (QED) is 0.0529. The van der Waals surface area contributed by atoms with Crippen molar-refractivity contribution in [3.05, 3.63) is 142 Å². The molecule has 1 atom stereocenters. The van der Waals surface area contributed by atoms with Crippen LogP contribution in [0.3, 0.4) is 0 Å². The zero-order chi connectivity index (χ0) is 52.6. The fraction of sp³-hybridized carbons (Fsp3) is 0.439. The number of benzene rings is 4. The Balaban J connectivity index is 0.832. The van der Waals surface area contributed by atoms with Gasteiger partial charge >= 0.3 is 0 Å². The molecule has 75 heavy (non-hydrogen) atoms. The number of pyridine rings is 1. The Morgan fingerprint density at radius 3 is 2.48 bits per heavy atom. The third-order valence-corrected chi connectivity index (χ3v) is 17.7. The van der Waals surface area contributed by atoms with E-state index in [1.807, 2.05) is 19.1 Å². The van der Waals surface area contributed by atoms with Crippen molar-refractivity contribution in [1.29, 1.82) is 0 Å². The number of methoxy groups -OCH3 is 1. The number of amides is 1. The number of piperidine rings is 1. The van der Waals surface area contributed by atoms with Gasteiger partial charge in [0.2, 0.25) is 0 Å². The molecule has 2 saturated heterocycles. The maximum atomic E-state index is 14.3. The number of aliphatic hydroxyl groups is 1. The number of nitro groups is 1. The van der Waals surface area contributed by atoms with Crippen molar-refractivity contribution in [3.8, 4) is 17.2 Å². The van der Waals surface area contributed by atoms with Gasteiger partial charge in [-0.15, -0.1) is 0 Å². The Hall–Kier alpha value is -6.60. The highest BCUT2D eigenvalue weighted by Crippen LogP contribution is 2.53. The molecule has 10 rings (SSSR count). The molecule has 0 radical (unpaired) electrons. The Kier molecular flexibility index (Phi) is 14.7. The number of ether oxygens (including phenoxy) is 2. The monoisotopic (exact) mass is 1040 g/mol. The van der Waals surface area contributed by atoms with Gasteiger partial charge in [-0.05, 0) is 141 Å². The van der Waals surface area contributed by atoms with E-state index in [1.165, 1.54) is 42.6 Å². The van der Waals surface area contributed by atoms with Crippen LogP contribution in [0.4, 0.5) is 21.5 Å². The Bertz CT molecular complexity index is 3180. The number of nitrogens with one attached hydrogen (secondary N) is 3. The SMILES string of the molecule is COc1cc(CN2CCN(C3CC4(CCN(c5ccc(C(=O)NS(=O)(=O)c6ccc(NCC7CCC(C)(O)CC7)c([N+](=O)[O-])c6)c(Oc6cnc7[nH]ccc7c6)c5)CC4)C3)[C@H](c3ccccc3C(C)C)C2)ccc1F. The normalized spacial score (nSPS) is 21.5. The molecular formula is C57H67FN8O8S. The van der Waals surface area contributed by atoms with Gasteiger partial charge in [0.25, 0.3) is 21.6 Å². The van der Waals surface area contributed by atoms with Crippen LogP contribution in [0.5, 0.6) is 17.2 Å². The predicted octanol–water partition coefficient (Wildman–Crippen LogP) is 10.3. The number of halogens is 1. The van der Waals surface area contributed by atoms with Crippen LogP contribution in [0, 0.1) is 27.3 Å². The summed E-state index contributed by atoms with van der Waals surface area (Å²) in [6, 6.07) is 26.9.